The van der Waals surface area contributed by atoms with Crippen molar-refractivity contribution < 1.29 is 13.7 Å². The fourth-order valence-corrected chi connectivity index (χ4v) is 1.95. The summed E-state index contributed by atoms with van der Waals surface area (Å²) in [5, 5.41) is 0. The van der Waals surface area contributed by atoms with Gasteiger partial charge in [0.05, 0.1) is 17.6 Å². The molecule has 1 aromatic rings. The maximum atomic E-state index is 11.3. The average Bonchev–Trinajstić information content (AvgIpc) is 2.30. The molecule has 0 amide bonds. The number of carbonyl (C=O) groups is 1. The van der Waals surface area contributed by atoms with Gasteiger partial charge in [-0.1, -0.05) is 25.5 Å². The monoisotopic (exact) mass is 262 g/mol. The summed E-state index contributed by atoms with van der Waals surface area (Å²) in [6.07, 6.45) is 0. The fourth-order valence-electron chi connectivity index (χ4n) is 1.05. The summed E-state index contributed by atoms with van der Waals surface area (Å²) in [5.41, 5.74) is 1.14. The highest BCUT2D eigenvalue weighted by molar-refractivity contribution is 8.08. The van der Waals surface area contributed by atoms with Gasteiger partial charge in [0.1, 0.15) is 10.0 Å². The molecule has 0 aliphatic heterocycles. The number of rotatable bonds is 2. The Morgan fingerprint density at radius 1 is 1.38 bits per heavy atom. The van der Waals surface area contributed by atoms with Gasteiger partial charge in [0.2, 0.25) is 0 Å². The van der Waals surface area contributed by atoms with Crippen LogP contribution in [-0.4, -0.2) is 17.3 Å². The molecular weight excluding hydrogens is 248 g/mol. The van der Waals surface area contributed by atoms with Crippen LogP contribution in [0.25, 0.3) is 0 Å². The third kappa shape index (κ3) is 3.94. The minimum atomic E-state index is -1.70. The molecule has 0 heterocycles. The molecule has 1 rings (SSSR count). The lowest BCUT2D eigenvalue weighted by molar-refractivity contribution is 0.0596. The van der Waals surface area contributed by atoms with Gasteiger partial charge in [0.15, 0.2) is 0 Å². The highest BCUT2D eigenvalue weighted by Gasteiger charge is 2.15. The summed E-state index contributed by atoms with van der Waals surface area (Å²) in [7, 11) is 5.00. The first-order chi connectivity index (χ1) is 7.56. The molecule has 0 bridgehead atoms. The van der Waals surface area contributed by atoms with E-state index in [0.717, 1.165) is 5.56 Å². The van der Waals surface area contributed by atoms with E-state index >= 15 is 0 Å². The number of aryl methyl sites for hydroxylation is 1. The first-order valence-electron chi connectivity index (χ1n) is 4.83. The molecule has 0 N–H and O–H groups in total. The van der Waals surface area contributed by atoms with Crippen molar-refractivity contribution in [2.75, 3.05) is 7.11 Å². The quantitative estimate of drug-likeness (QED) is 0.608. The van der Waals surface area contributed by atoms with E-state index in [1.54, 1.807) is 18.2 Å². The van der Waals surface area contributed by atoms with Gasteiger partial charge in [-0.15, -0.1) is 0 Å². The van der Waals surface area contributed by atoms with E-state index in [2.05, 4.69) is 4.74 Å². The predicted octanol–water partition coefficient (Wildman–Crippen LogP) is 3.07. The molecule has 16 heavy (non-hydrogen) atoms. The number of esters is 1. The van der Waals surface area contributed by atoms with Crippen molar-refractivity contribution in [3.05, 3.63) is 29.3 Å². The Balaban J connectivity index is 0.00000106. The van der Waals surface area contributed by atoms with Gasteiger partial charge >= 0.3 is 5.97 Å². The zero-order chi connectivity index (χ0) is 12.7. The Bertz CT molecular complexity index is 391. The Morgan fingerprint density at radius 2 is 1.94 bits per heavy atom. The number of hydrogen-bond acceptors (Lipinski definition) is 3. The van der Waals surface area contributed by atoms with Crippen LogP contribution in [0.2, 0.25) is 0 Å². The highest BCUT2D eigenvalue weighted by atomic mass is 35.7. The van der Waals surface area contributed by atoms with Crippen LogP contribution in [0.15, 0.2) is 23.1 Å². The van der Waals surface area contributed by atoms with Crippen LogP contribution in [-0.2, 0) is 14.7 Å². The summed E-state index contributed by atoms with van der Waals surface area (Å²) < 4.78 is 15.6. The van der Waals surface area contributed by atoms with Crippen molar-refractivity contribution in [1.82, 2.24) is 0 Å². The third-order valence-electron chi connectivity index (χ3n) is 1.71. The molecule has 5 heteroatoms. The van der Waals surface area contributed by atoms with Gasteiger partial charge in [0, 0.05) is 0 Å². The number of hydrogen-bond donors (Lipinski definition) is 0. The lowest BCUT2D eigenvalue weighted by atomic mass is 10.1. The first kappa shape index (κ1) is 15.1. The minimum Gasteiger partial charge on any atom is -0.465 e. The molecule has 0 saturated carbocycles. The predicted molar refractivity (Wildman–Crippen MR) is 66.1 cm³/mol. The topological polar surface area (TPSA) is 43.4 Å². The molecule has 1 atom stereocenters. The SMILES string of the molecule is CC.COC(=O)c1cc(C)ccc1S(=O)Cl. The lowest BCUT2D eigenvalue weighted by Gasteiger charge is -2.04. The van der Waals surface area contributed by atoms with Crippen LogP contribution in [0.1, 0.15) is 29.8 Å². The molecule has 90 valence electrons. The fraction of sp³-hybridized carbons (Fsp3) is 0.364. The minimum absolute atomic E-state index is 0.251. The van der Waals surface area contributed by atoms with Crippen LogP contribution in [0, 0.1) is 6.92 Å². The van der Waals surface area contributed by atoms with Crippen molar-refractivity contribution >= 4 is 26.7 Å². The van der Waals surface area contributed by atoms with Crippen molar-refractivity contribution in [2.24, 2.45) is 0 Å². The largest absolute Gasteiger partial charge is 0.465 e. The van der Waals surface area contributed by atoms with E-state index in [1.807, 2.05) is 20.8 Å². The van der Waals surface area contributed by atoms with Crippen LogP contribution < -0.4 is 0 Å². The second kappa shape index (κ2) is 7.41. The number of methoxy groups -OCH3 is 1. The molecule has 0 radical (unpaired) electrons. The Kier molecular flexibility index (Phi) is 7.01. The van der Waals surface area contributed by atoms with Gasteiger partial charge in [-0.25, -0.2) is 9.00 Å². The number of halogens is 1. The van der Waals surface area contributed by atoms with Crippen LogP contribution in [0.5, 0.6) is 0 Å². The summed E-state index contributed by atoms with van der Waals surface area (Å²) in [6, 6.07) is 4.90. The molecular formula is C11H15ClO3S. The van der Waals surface area contributed by atoms with E-state index in [9.17, 15) is 9.00 Å². The van der Waals surface area contributed by atoms with Gasteiger partial charge in [-0.05, 0) is 29.7 Å². The summed E-state index contributed by atoms with van der Waals surface area (Å²) in [6.45, 7) is 5.83. The highest BCUT2D eigenvalue weighted by Crippen LogP contribution is 2.18. The van der Waals surface area contributed by atoms with Gasteiger partial charge in [0.25, 0.3) is 0 Å². The van der Waals surface area contributed by atoms with Crippen molar-refractivity contribution in [2.45, 2.75) is 25.7 Å². The molecule has 0 saturated heterocycles. The zero-order valence-corrected chi connectivity index (χ0v) is 11.3. The second-order valence-electron chi connectivity index (χ2n) is 2.71. The summed E-state index contributed by atoms with van der Waals surface area (Å²) >= 11 is 0. The first-order valence-corrected chi connectivity index (χ1v) is 6.81. The van der Waals surface area contributed by atoms with E-state index < -0.39 is 16.0 Å². The van der Waals surface area contributed by atoms with E-state index in [-0.39, 0.29) is 10.5 Å². The van der Waals surface area contributed by atoms with Crippen LogP contribution in [0.3, 0.4) is 0 Å². The summed E-state index contributed by atoms with van der Waals surface area (Å²) in [4.78, 5) is 11.6. The van der Waals surface area contributed by atoms with Gasteiger partial charge in [-0.3, -0.25) is 0 Å². The maximum absolute atomic E-state index is 11.3. The molecule has 0 spiro atoms. The lowest BCUT2D eigenvalue weighted by Crippen LogP contribution is -2.05. The Hall–Kier alpha value is -0.870. The van der Waals surface area contributed by atoms with Gasteiger partial charge < -0.3 is 4.74 Å². The number of benzene rings is 1. The maximum Gasteiger partial charge on any atom is 0.339 e. The standard InChI is InChI=1S/C9H9ClO3S.C2H6/c1-6-3-4-8(14(10)12)7(5-6)9(11)13-2;1-2/h3-5H,1-2H3;1-2H3. The number of carbonyl (C=O) groups excluding carboxylic acids is 1. The molecule has 1 unspecified atom stereocenters. The number of ether oxygens (including phenoxy) is 1. The summed E-state index contributed by atoms with van der Waals surface area (Å²) in [5.74, 6) is -0.530. The molecule has 3 nitrogen and oxygen atoms in total. The second-order valence-corrected chi connectivity index (χ2v) is 4.44. The van der Waals surface area contributed by atoms with E-state index in [4.69, 9.17) is 10.7 Å². The molecule has 0 aliphatic carbocycles. The molecule has 0 fully saturated rings. The molecule has 0 aliphatic rings. The Morgan fingerprint density at radius 3 is 2.38 bits per heavy atom. The van der Waals surface area contributed by atoms with Crippen LogP contribution in [0.4, 0.5) is 0 Å². The van der Waals surface area contributed by atoms with Gasteiger partial charge in [-0.2, -0.15) is 0 Å². The van der Waals surface area contributed by atoms with Crippen LogP contribution >= 0.6 is 10.7 Å². The smallest absolute Gasteiger partial charge is 0.339 e. The third-order valence-corrected chi connectivity index (χ3v) is 2.91. The molecule has 0 aromatic heterocycles. The van der Waals surface area contributed by atoms with E-state index in [0.29, 0.717) is 0 Å². The van der Waals surface area contributed by atoms with Crippen molar-refractivity contribution in [3.63, 3.8) is 0 Å². The average molecular weight is 263 g/mol. The Labute approximate surface area is 103 Å². The normalized spacial score (nSPS) is 11.1. The van der Waals surface area contributed by atoms with E-state index in [1.165, 1.54) is 7.11 Å². The zero-order valence-electron chi connectivity index (χ0n) is 9.74. The van der Waals surface area contributed by atoms with Crippen molar-refractivity contribution in [1.29, 1.82) is 0 Å². The molecule has 1 aromatic carbocycles. The van der Waals surface area contributed by atoms with Crippen molar-refractivity contribution in [3.8, 4) is 0 Å².